The average Bonchev–Trinajstić information content (AvgIpc) is 2.78. The summed E-state index contributed by atoms with van der Waals surface area (Å²) in [6.07, 6.45) is 1.53. The van der Waals surface area contributed by atoms with E-state index < -0.39 is 5.91 Å². The van der Waals surface area contributed by atoms with Crippen LogP contribution in [0.2, 0.25) is 0 Å². The number of halogens is 1. The number of benzene rings is 1. The first-order valence-electron chi connectivity index (χ1n) is 5.05. The van der Waals surface area contributed by atoms with Crippen LogP contribution in [0.4, 0.5) is 0 Å². The summed E-state index contributed by atoms with van der Waals surface area (Å²) in [4.78, 5) is 11.6. The van der Waals surface area contributed by atoms with Crippen molar-refractivity contribution in [2.24, 2.45) is 5.10 Å². The second-order valence-corrected chi connectivity index (χ2v) is 4.36. The van der Waals surface area contributed by atoms with Crippen LogP contribution in [0.1, 0.15) is 21.7 Å². The number of aromatic nitrogens is 2. The summed E-state index contributed by atoms with van der Waals surface area (Å²) in [6, 6.07) is 7.50. The maximum atomic E-state index is 11.6. The van der Waals surface area contributed by atoms with Crippen molar-refractivity contribution in [1.82, 2.24) is 15.7 Å². The second-order valence-electron chi connectivity index (χ2n) is 3.45. The Morgan fingerprint density at radius 1 is 1.39 bits per heavy atom. The molecular formula is C11H9BrN4O2. The number of carbonyl (C=O) groups is 1. The third kappa shape index (κ3) is 3.01. The molecule has 0 aliphatic carbocycles. The van der Waals surface area contributed by atoms with E-state index in [0.717, 1.165) is 10.0 Å². The third-order valence-electron chi connectivity index (χ3n) is 2.12. The molecule has 18 heavy (non-hydrogen) atoms. The number of hydrazone groups is 1. The SMILES string of the molecule is Cc1nonc1C(=O)NN=Cc1ccc(Br)cc1. The fourth-order valence-corrected chi connectivity index (χ4v) is 1.47. The van der Waals surface area contributed by atoms with Crippen LogP contribution in [0.15, 0.2) is 38.5 Å². The topological polar surface area (TPSA) is 80.4 Å². The molecule has 0 fully saturated rings. The van der Waals surface area contributed by atoms with E-state index in [-0.39, 0.29) is 5.69 Å². The molecule has 7 heteroatoms. The minimum absolute atomic E-state index is 0.128. The van der Waals surface area contributed by atoms with E-state index in [9.17, 15) is 4.79 Å². The molecule has 92 valence electrons. The summed E-state index contributed by atoms with van der Waals surface area (Å²) in [7, 11) is 0. The lowest BCUT2D eigenvalue weighted by atomic mass is 10.2. The average molecular weight is 309 g/mol. The molecule has 1 aromatic carbocycles. The third-order valence-corrected chi connectivity index (χ3v) is 2.65. The fourth-order valence-electron chi connectivity index (χ4n) is 1.20. The fraction of sp³-hybridized carbons (Fsp3) is 0.0909. The van der Waals surface area contributed by atoms with Crippen molar-refractivity contribution < 1.29 is 9.42 Å². The van der Waals surface area contributed by atoms with Crippen LogP contribution in [0.3, 0.4) is 0 Å². The first-order chi connectivity index (χ1) is 8.66. The maximum Gasteiger partial charge on any atom is 0.295 e. The molecule has 0 radical (unpaired) electrons. The van der Waals surface area contributed by atoms with E-state index in [4.69, 9.17) is 0 Å². The summed E-state index contributed by atoms with van der Waals surface area (Å²) in [5, 5.41) is 10.8. The van der Waals surface area contributed by atoms with Crippen LogP contribution in [0, 0.1) is 6.92 Å². The summed E-state index contributed by atoms with van der Waals surface area (Å²) in [5.74, 6) is -0.456. The lowest BCUT2D eigenvalue weighted by Crippen LogP contribution is -2.19. The highest BCUT2D eigenvalue weighted by Gasteiger charge is 2.13. The van der Waals surface area contributed by atoms with Gasteiger partial charge in [-0.25, -0.2) is 10.1 Å². The van der Waals surface area contributed by atoms with Crippen molar-refractivity contribution >= 4 is 28.1 Å². The molecule has 0 aliphatic rings. The van der Waals surface area contributed by atoms with Gasteiger partial charge in [0.1, 0.15) is 5.69 Å². The zero-order valence-electron chi connectivity index (χ0n) is 9.42. The molecule has 0 saturated carbocycles. The Morgan fingerprint density at radius 3 is 2.72 bits per heavy atom. The molecule has 1 amide bonds. The summed E-state index contributed by atoms with van der Waals surface area (Å²) >= 11 is 3.33. The van der Waals surface area contributed by atoms with Crippen LogP contribution in [-0.4, -0.2) is 22.4 Å². The molecule has 0 unspecified atom stereocenters. The minimum atomic E-state index is -0.456. The molecule has 0 saturated heterocycles. The van der Waals surface area contributed by atoms with Crippen LogP contribution in [0.25, 0.3) is 0 Å². The number of amides is 1. The Hall–Kier alpha value is -2.02. The molecule has 1 N–H and O–H groups in total. The van der Waals surface area contributed by atoms with Gasteiger partial charge >= 0.3 is 0 Å². The van der Waals surface area contributed by atoms with Gasteiger partial charge in [0.15, 0.2) is 5.69 Å². The molecule has 2 rings (SSSR count). The largest absolute Gasteiger partial charge is 0.295 e. The Kier molecular flexibility index (Phi) is 3.83. The van der Waals surface area contributed by atoms with Crippen LogP contribution in [-0.2, 0) is 0 Å². The van der Waals surface area contributed by atoms with E-state index in [1.807, 2.05) is 24.3 Å². The van der Waals surface area contributed by atoms with Crippen LogP contribution in [0.5, 0.6) is 0 Å². The smallest absolute Gasteiger partial charge is 0.265 e. The summed E-state index contributed by atoms with van der Waals surface area (Å²) in [5.41, 5.74) is 3.76. The molecule has 6 nitrogen and oxygen atoms in total. The Labute approximate surface area is 111 Å². The van der Waals surface area contributed by atoms with E-state index in [2.05, 4.69) is 41.4 Å². The summed E-state index contributed by atoms with van der Waals surface area (Å²) in [6.45, 7) is 1.63. The van der Waals surface area contributed by atoms with E-state index in [0.29, 0.717) is 5.69 Å². The van der Waals surface area contributed by atoms with Crippen molar-refractivity contribution in [2.75, 3.05) is 0 Å². The first kappa shape index (κ1) is 12.4. The summed E-state index contributed by atoms with van der Waals surface area (Å²) < 4.78 is 5.41. The van der Waals surface area contributed by atoms with Gasteiger partial charge in [-0.3, -0.25) is 4.79 Å². The number of carbonyl (C=O) groups excluding carboxylic acids is 1. The Balaban J connectivity index is 1.98. The van der Waals surface area contributed by atoms with Crippen LogP contribution < -0.4 is 5.43 Å². The quantitative estimate of drug-likeness (QED) is 0.693. The highest BCUT2D eigenvalue weighted by atomic mass is 79.9. The number of aryl methyl sites for hydroxylation is 1. The Bertz CT molecular complexity index is 577. The lowest BCUT2D eigenvalue weighted by molar-refractivity contribution is 0.0945. The molecule has 1 aromatic heterocycles. The van der Waals surface area contributed by atoms with Gasteiger partial charge in [0.05, 0.1) is 6.21 Å². The Morgan fingerprint density at radius 2 is 2.11 bits per heavy atom. The normalized spacial score (nSPS) is 10.8. The van der Waals surface area contributed by atoms with E-state index in [1.165, 1.54) is 6.21 Å². The number of nitrogens with one attached hydrogen (secondary N) is 1. The molecule has 0 atom stereocenters. The lowest BCUT2D eigenvalue weighted by Gasteiger charge is -1.95. The van der Waals surface area contributed by atoms with Crippen molar-refractivity contribution in [3.63, 3.8) is 0 Å². The second kappa shape index (κ2) is 5.54. The van der Waals surface area contributed by atoms with Gasteiger partial charge < -0.3 is 0 Å². The number of hydrogen-bond acceptors (Lipinski definition) is 5. The number of rotatable bonds is 3. The van der Waals surface area contributed by atoms with E-state index in [1.54, 1.807) is 6.92 Å². The van der Waals surface area contributed by atoms with Gasteiger partial charge in [0.25, 0.3) is 5.91 Å². The molecule has 0 aliphatic heterocycles. The van der Waals surface area contributed by atoms with Gasteiger partial charge in [0.2, 0.25) is 0 Å². The van der Waals surface area contributed by atoms with Crippen molar-refractivity contribution in [1.29, 1.82) is 0 Å². The van der Waals surface area contributed by atoms with Crippen molar-refractivity contribution in [3.8, 4) is 0 Å². The van der Waals surface area contributed by atoms with Crippen molar-refractivity contribution in [2.45, 2.75) is 6.92 Å². The zero-order valence-corrected chi connectivity index (χ0v) is 11.0. The highest BCUT2D eigenvalue weighted by molar-refractivity contribution is 9.10. The maximum absolute atomic E-state index is 11.6. The van der Waals surface area contributed by atoms with Gasteiger partial charge in [-0.1, -0.05) is 33.2 Å². The van der Waals surface area contributed by atoms with Crippen LogP contribution >= 0.6 is 15.9 Å². The minimum Gasteiger partial charge on any atom is -0.265 e. The van der Waals surface area contributed by atoms with Gasteiger partial charge in [-0.2, -0.15) is 5.10 Å². The highest BCUT2D eigenvalue weighted by Crippen LogP contribution is 2.08. The molecule has 0 bridgehead atoms. The van der Waals surface area contributed by atoms with Gasteiger partial charge in [-0.05, 0) is 29.8 Å². The van der Waals surface area contributed by atoms with Gasteiger partial charge in [-0.15, -0.1) is 0 Å². The standard InChI is InChI=1S/C11H9BrN4O2/c1-7-10(16-18-15-7)11(17)14-13-6-8-2-4-9(12)5-3-8/h2-6H,1H3,(H,14,17). The molecule has 2 aromatic rings. The first-order valence-corrected chi connectivity index (χ1v) is 5.84. The zero-order chi connectivity index (χ0) is 13.0. The monoisotopic (exact) mass is 308 g/mol. The molecular weight excluding hydrogens is 300 g/mol. The number of hydrogen-bond donors (Lipinski definition) is 1. The number of nitrogens with zero attached hydrogens (tertiary/aromatic N) is 3. The van der Waals surface area contributed by atoms with E-state index >= 15 is 0 Å². The van der Waals surface area contributed by atoms with Gasteiger partial charge in [0, 0.05) is 4.47 Å². The van der Waals surface area contributed by atoms with Crippen molar-refractivity contribution in [3.05, 3.63) is 45.7 Å². The molecule has 0 spiro atoms. The molecule has 1 heterocycles. The predicted octanol–water partition coefficient (Wildman–Crippen LogP) is 1.90. The predicted molar refractivity (Wildman–Crippen MR) is 68.2 cm³/mol.